The van der Waals surface area contributed by atoms with Gasteiger partial charge in [-0.1, -0.05) is 6.07 Å². The van der Waals surface area contributed by atoms with Gasteiger partial charge in [-0.2, -0.15) is 0 Å². The molecule has 1 rings (SSSR count). The molecule has 5 heteroatoms. The molecule has 0 radical (unpaired) electrons. The van der Waals surface area contributed by atoms with Crippen molar-refractivity contribution in [2.75, 3.05) is 12.5 Å². The average Bonchev–Trinajstić information content (AvgIpc) is 2.14. The first kappa shape index (κ1) is 13.3. The summed E-state index contributed by atoms with van der Waals surface area (Å²) in [5, 5.41) is 1.17. The maximum atomic E-state index is 12.9. The van der Waals surface area contributed by atoms with Crippen LogP contribution in [0.25, 0.3) is 0 Å². The van der Waals surface area contributed by atoms with Crippen LogP contribution in [0.5, 0.6) is 0 Å². The number of hydrogen-bond donors (Lipinski definition) is 1. The molecule has 0 bridgehead atoms. The van der Waals surface area contributed by atoms with E-state index in [0.29, 0.717) is 5.69 Å². The number of carbonyl (C=O) groups excluding carboxylic acids is 1. The molecule has 0 saturated carbocycles. The van der Waals surface area contributed by atoms with Crippen molar-refractivity contribution in [1.29, 1.82) is 0 Å². The molecule has 0 atom stereocenters. The number of amides is 1. The molecule has 1 N–H and O–H groups in total. The van der Waals surface area contributed by atoms with Gasteiger partial charge in [0.2, 0.25) is 0 Å². The third-order valence-corrected chi connectivity index (χ3v) is 1.79. The molecule has 17 heavy (non-hydrogen) atoms. The van der Waals surface area contributed by atoms with Crippen LogP contribution >= 0.6 is 0 Å². The van der Waals surface area contributed by atoms with E-state index in [4.69, 9.17) is 4.74 Å². The number of nitrogens with one attached hydrogen (secondary N) is 1. The summed E-state index contributed by atoms with van der Waals surface area (Å²) in [7, 11) is 1.51. The zero-order valence-corrected chi connectivity index (χ0v) is 10.5. The van der Waals surface area contributed by atoms with Gasteiger partial charge in [0.25, 0.3) is 0 Å². The minimum Gasteiger partial charge on any atom is -0.442 e. The van der Waals surface area contributed by atoms with Crippen LogP contribution in [-0.2, 0) is 4.74 Å². The van der Waals surface area contributed by atoms with Gasteiger partial charge >= 0.3 is 6.09 Å². The molecule has 1 aromatic carbocycles. The Morgan fingerprint density at radius 2 is 2.06 bits per heavy atom. The molecule has 0 spiro atoms. The van der Waals surface area contributed by atoms with Crippen molar-refractivity contribution in [2.24, 2.45) is 0 Å². The fraction of sp³-hybridized carbons (Fsp3) is 0.417. The monoisotopic (exact) mass is 240 g/mol. The third-order valence-electron chi connectivity index (χ3n) is 1.79. The molecule has 1 amide bonds. The van der Waals surface area contributed by atoms with Crippen molar-refractivity contribution in [3.63, 3.8) is 0 Å². The molecule has 1 aromatic rings. The first-order valence-corrected chi connectivity index (χ1v) is 5.27. The van der Waals surface area contributed by atoms with E-state index >= 15 is 0 Å². The molecule has 0 aliphatic rings. The number of halogens is 1. The highest BCUT2D eigenvalue weighted by Crippen LogP contribution is 2.12. The Bertz CT molecular complexity index is 402. The Balaban J connectivity index is 2.60. The summed E-state index contributed by atoms with van der Waals surface area (Å²) in [6.45, 7) is 5.34. The Kier molecular flexibility index (Phi) is 3.93. The van der Waals surface area contributed by atoms with Crippen LogP contribution in [0.2, 0.25) is 0 Å². The van der Waals surface area contributed by atoms with Crippen LogP contribution in [0.3, 0.4) is 0 Å². The Morgan fingerprint density at radius 1 is 1.41 bits per heavy atom. The summed E-state index contributed by atoms with van der Waals surface area (Å²) in [6.07, 6.45) is -0.526. The van der Waals surface area contributed by atoms with Gasteiger partial charge in [0, 0.05) is 7.05 Å². The number of rotatable bonds is 2. The number of nitrogens with zero attached hydrogens (tertiary/aromatic N) is 1. The number of hydrazine groups is 1. The van der Waals surface area contributed by atoms with E-state index < -0.39 is 11.7 Å². The van der Waals surface area contributed by atoms with Crippen molar-refractivity contribution in [1.82, 2.24) is 5.01 Å². The lowest BCUT2D eigenvalue weighted by Crippen LogP contribution is -2.37. The second-order valence-electron chi connectivity index (χ2n) is 4.66. The second kappa shape index (κ2) is 5.03. The summed E-state index contributed by atoms with van der Waals surface area (Å²) in [5.74, 6) is -0.368. The summed E-state index contributed by atoms with van der Waals surface area (Å²) < 4.78 is 18.0. The molecule has 0 saturated heterocycles. The lowest BCUT2D eigenvalue weighted by Gasteiger charge is -2.25. The molecule has 0 aliphatic carbocycles. The molecule has 0 unspecified atom stereocenters. The van der Waals surface area contributed by atoms with Gasteiger partial charge in [0.15, 0.2) is 0 Å². The molecule has 0 aromatic heterocycles. The summed E-state index contributed by atoms with van der Waals surface area (Å²) in [4.78, 5) is 11.6. The van der Waals surface area contributed by atoms with E-state index in [1.807, 2.05) is 0 Å². The number of ether oxygens (including phenoxy) is 1. The number of anilines is 1. The Hall–Kier alpha value is -1.78. The molecule has 94 valence electrons. The average molecular weight is 240 g/mol. The van der Waals surface area contributed by atoms with E-state index in [-0.39, 0.29) is 5.82 Å². The maximum Gasteiger partial charge on any atom is 0.428 e. The van der Waals surface area contributed by atoms with Gasteiger partial charge in [0.05, 0.1) is 5.69 Å². The van der Waals surface area contributed by atoms with Crippen molar-refractivity contribution in [3.8, 4) is 0 Å². The summed E-state index contributed by atoms with van der Waals surface area (Å²) in [6, 6.07) is 5.84. The Labute approximate surface area is 100 Å². The lowest BCUT2D eigenvalue weighted by molar-refractivity contribution is 0.0339. The van der Waals surface area contributed by atoms with Crippen molar-refractivity contribution >= 4 is 11.8 Å². The fourth-order valence-electron chi connectivity index (χ4n) is 1.13. The normalized spacial score (nSPS) is 10.9. The van der Waals surface area contributed by atoms with Gasteiger partial charge in [0.1, 0.15) is 11.4 Å². The van der Waals surface area contributed by atoms with Gasteiger partial charge in [-0.05, 0) is 39.0 Å². The molecule has 4 nitrogen and oxygen atoms in total. The number of hydrogen-bond acceptors (Lipinski definition) is 3. The maximum absolute atomic E-state index is 12.9. The largest absolute Gasteiger partial charge is 0.442 e. The number of benzene rings is 1. The lowest BCUT2D eigenvalue weighted by atomic mass is 10.2. The van der Waals surface area contributed by atoms with E-state index in [0.717, 1.165) is 0 Å². The quantitative estimate of drug-likeness (QED) is 0.808. The zero-order valence-electron chi connectivity index (χ0n) is 10.5. The molecule has 0 fully saturated rings. The highest BCUT2D eigenvalue weighted by atomic mass is 19.1. The van der Waals surface area contributed by atoms with Gasteiger partial charge < -0.3 is 4.74 Å². The highest BCUT2D eigenvalue weighted by Gasteiger charge is 2.19. The van der Waals surface area contributed by atoms with Crippen LogP contribution in [0.4, 0.5) is 14.9 Å². The predicted molar refractivity (Wildman–Crippen MR) is 64.0 cm³/mol. The minimum absolute atomic E-state index is 0.368. The van der Waals surface area contributed by atoms with Crippen molar-refractivity contribution < 1.29 is 13.9 Å². The molecule has 0 heterocycles. The van der Waals surface area contributed by atoms with Gasteiger partial charge in [-0.3, -0.25) is 5.43 Å². The van der Waals surface area contributed by atoms with Crippen molar-refractivity contribution in [3.05, 3.63) is 30.1 Å². The standard InChI is InChI=1S/C12H17FN2O2/c1-12(2,3)17-11(16)15(4)14-10-7-5-6-9(13)8-10/h5-8,14H,1-4H3. The van der Waals surface area contributed by atoms with E-state index in [1.165, 1.54) is 24.2 Å². The minimum atomic E-state index is -0.561. The van der Waals surface area contributed by atoms with Gasteiger partial charge in [-0.25, -0.2) is 14.2 Å². The second-order valence-corrected chi connectivity index (χ2v) is 4.66. The summed E-state index contributed by atoms with van der Waals surface area (Å²) >= 11 is 0. The third kappa shape index (κ3) is 4.72. The summed E-state index contributed by atoms with van der Waals surface area (Å²) in [5.41, 5.74) is 2.65. The van der Waals surface area contributed by atoms with Crippen LogP contribution < -0.4 is 5.43 Å². The fourth-order valence-corrected chi connectivity index (χ4v) is 1.13. The van der Waals surface area contributed by atoms with Crippen LogP contribution in [-0.4, -0.2) is 23.8 Å². The molecular weight excluding hydrogens is 223 g/mol. The Morgan fingerprint density at radius 3 is 2.59 bits per heavy atom. The van der Waals surface area contributed by atoms with E-state index in [9.17, 15) is 9.18 Å². The van der Waals surface area contributed by atoms with Crippen molar-refractivity contribution in [2.45, 2.75) is 26.4 Å². The predicted octanol–water partition coefficient (Wildman–Crippen LogP) is 3.02. The van der Waals surface area contributed by atoms with E-state index in [2.05, 4.69) is 5.43 Å². The highest BCUT2D eigenvalue weighted by molar-refractivity contribution is 5.69. The number of carbonyl (C=O) groups is 1. The SMILES string of the molecule is CN(Nc1cccc(F)c1)C(=O)OC(C)(C)C. The first-order chi connectivity index (χ1) is 7.78. The van der Waals surface area contributed by atoms with Crippen LogP contribution in [0, 0.1) is 5.82 Å². The van der Waals surface area contributed by atoms with Crippen LogP contribution in [0.15, 0.2) is 24.3 Å². The van der Waals surface area contributed by atoms with Gasteiger partial charge in [-0.15, -0.1) is 0 Å². The van der Waals surface area contributed by atoms with E-state index in [1.54, 1.807) is 32.9 Å². The topological polar surface area (TPSA) is 41.6 Å². The zero-order chi connectivity index (χ0) is 13.1. The van der Waals surface area contributed by atoms with Crippen LogP contribution in [0.1, 0.15) is 20.8 Å². The smallest absolute Gasteiger partial charge is 0.428 e. The molecular formula is C12H17FN2O2. The molecule has 0 aliphatic heterocycles. The first-order valence-electron chi connectivity index (χ1n) is 5.27.